The molecule has 3 N–H and O–H groups in total. The Balaban J connectivity index is 1.73. The smallest absolute Gasteiger partial charge is 0.243 e. The largest absolute Gasteiger partial charge is 0.382 e. The van der Waals surface area contributed by atoms with E-state index in [1.807, 2.05) is 13.8 Å². The molecule has 2 fully saturated rings. The van der Waals surface area contributed by atoms with Crippen molar-refractivity contribution in [2.75, 3.05) is 18.9 Å². The van der Waals surface area contributed by atoms with Crippen LogP contribution in [0.25, 0.3) is 5.52 Å². The minimum absolute atomic E-state index is 0.294. The van der Waals surface area contributed by atoms with Crippen LogP contribution in [0.5, 0.6) is 0 Å². The molecule has 0 bridgehead atoms. The van der Waals surface area contributed by atoms with E-state index in [1.165, 1.54) is 10.8 Å². The van der Waals surface area contributed by atoms with Crippen molar-refractivity contribution >= 4 is 11.3 Å². The topological polar surface area (TPSA) is 113 Å². The molecule has 9 heteroatoms. The molecule has 2 aliphatic heterocycles. The fourth-order valence-corrected chi connectivity index (χ4v) is 4.19. The lowest BCUT2D eigenvalue weighted by Gasteiger charge is -2.36. The third-order valence-corrected chi connectivity index (χ3v) is 5.50. The average Bonchev–Trinajstić information content (AvgIpc) is 3.22. The zero-order valence-corrected chi connectivity index (χ0v) is 16.7. The normalized spacial score (nSPS) is 34.2. The molecule has 0 amide bonds. The van der Waals surface area contributed by atoms with Crippen LogP contribution in [0.1, 0.15) is 46.2 Å². The van der Waals surface area contributed by atoms with Gasteiger partial charge in [-0.1, -0.05) is 13.3 Å². The number of nitrogen functional groups attached to an aromatic ring is 1. The number of nitrogens with zero attached hydrogens (tertiary/aromatic N) is 3. The molecule has 0 aromatic carbocycles. The van der Waals surface area contributed by atoms with E-state index >= 15 is 0 Å². The van der Waals surface area contributed by atoms with E-state index in [9.17, 15) is 5.11 Å². The second-order valence-corrected chi connectivity index (χ2v) is 8.04. The van der Waals surface area contributed by atoms with Crippen molar-refractivity contribution in [2.45, 2.75) is 69.9 Å². The van der Waals surface area contributed by atoms with Crippen LogP contribution in [-0.2, 0) is 24.7 Å². The first-order valence-corrected chi connectivity index (χ1v) is 9.66. The van der Waals surface area contributed by atoms with Crippen LogP contribution < -0.4 is 5.73 Å². The van der Waals surface area contributed by atoms with Gasteiger partial charge in [-0.15, -0.1) is 0 Å². The van der Waals surface area contributed by atoms with E-state index in [0.29, 0.717) is 30.2 Å². The van der Waals surface area contributed by atoms with Crippen LogP contribution in [0.4, 0.5) is 5.82 Å². The molecule has 1 unspecified atom stereocenters. The summed E-state index contributed by atoms with van der Waals surface area (Å²) in [7, 11) is 0. The second-order valence-electron chi connectivity index (χ2n) is 8.04. The summed E-state index contributed by atoms with van der Waals surface area (Å²) in [6, 6.07) is 3.47. The van der Waals surface area contributed by atoms with Crippen LogP contribution in [0, 0.1) is 0 Å². The number of hydrogen-bond acceptors (Lipinski definition) is 8. The summed E-state index contributed by atoms with van der Waals surface area (Å²) in [6.45, 7) is 8.46. The number of unbranched alkanes of at least 4 members (excludes halogenated alkanes) is 1. The summed E-state index contributed by atoms with van der Waals surface area (Å²) in [6.07, 6.45) is 2.32. The predicted octanol–water partition coefficient (Wildman–Crippen LogP) is 1.58. The van der Waals surface area contributed by atoms with Crippen LogP contribution in [0.2, 0.25) is 0 Å². The van der Waals surface area contributed by atoms with Gasteiger partial charge in [0.25, 0.3) is 0 Å². The Labute approximate surface area is 163 Å². The van der Waals surface area contributed by atoms with E-state index in [1.54, 1.807) is 19.1 Å². The van der Waals surface area contributed by atoms with Crippen molar-refractivity contribution in [3.63, 3.8) is 0 Å². The Morgan fingerprint density at radius 3 is 2.82 bits per heavy atom. The summed E-state index contributed by atoms with van der Waals surface area (Å²) in [4.78, 5) is 4.00. The van der Waals surface area contributed by atoms with Crippen LogP contribution in [0.15, 0.2) is 18.5 Å². The van der Waals surface area contributed by atoms with Crippen molar-refractivity contribution in [2.24, 2.45) is 0 Å². The van der Waals surface area contributed by atoms with E-state index in [2.05, 4.69) is 17.0 Å². The fraction of sp³-hybridized carbons (Fsp3) is 0.684. The summed E-state index contributed by atoms with van der Waals surface area (Å²) in [5, 5.41) is 16.0. The van der Waals surface area contributed by atoms with Crippen molar-refractivity contribution in [3.8, 4) is 0 Å². The maximum Gasteiger partial charge on any atom is 0.243 e. The number of ether oxygens (including phenoxy) is 4. The molecule has 4 atom stereocenters. The molecule has 2 aromatic heterocycles. The Morgan fingerprint density at radius 1 is 1.29 bits per heavy atom. The van der Waals surface area contributed by atoms with Gasteiger partial charge in [-0.2, -0.15) is 5.10 Å². The molecule has 2 aromatic rings. The third-order valence-electron chi connectivity index (χ3n) is 5.50. The van der Waals surface area contributed by atoms with Gasteiger partial charge in [-0.3, -0.25) is 0 Å². The van der Waals surface area contributed by atoms with E-state index in [4.69, 9.17) is 24.7 Å². The van der Waals surface area contributed by atoms with Crippen molar-refractivity contribution in [3.05, 3.63) is 24.2 Å². The van der Waals surface area contributed by atoms with Gasteiger partial charge in [0.2, 0.25) is 5.79 Å². The molecule has 4 heterocycles. The highest BCUT2D eigenvalue weighted by Gasteiger charge is 2.72. The molecule has 2 saturated heterocycles. The predicted molar refractivity (Wildman–Crippen MR) is 100 cm³/mol. The number of hydrogen-bond donors (Lipinski definition) is 2. The summed E-state index contributed by atoms with van der Waals surface area (Å²) < 4.78 is 25.8. The van der Waals surface area contributed by atoms with Crippen molar-refractivity contribution in [1.29, 1.82) is 0 Å². The Hall–Kier alpha value is -1.78. The highest BCUT2D eigenvalue weighted by atomic mass is 16.8. The van der Waals surface area contributed by atoms with Gasteiger partial charge in [0.05, 0.1) is 6.61 Å². The standard InChI is InChI=1S/C19H28N4O5/c1-5-6-9-25-10-13-15-18(4,28-17(2,3)27-15)19(24,26-13)14-8-7-12-16(20)21-11-22-23(12)14/h7-8,11,13,15,24H,5-6,9-10H2,1-4H3,(H2,20,21,22)/t13-,15-,18-,19?/m1/s1. The van der Waals surface area contributed by atoms with Gasteiger partial charge in [0.15, 0.2) is 17.2 Å². The number of anilines is 1. The van der Waals surface area contributed by atoms with Crippen LogP contribution in [0.3, 0.4) is 0 Å². The molecule has 0 spiro atoms. The number of aliphatic hydroxyl groups is 1. The zero-order valence-electron chi connectivity index (χ0n) is 16.7. The molecule has 0 saturated carbocycles. The summed E-state index contributed by atoms with van der Waals surface area (Å²) in [5.74, 6) is -2.37. The molecular weight excluding hydrogens is 364 g/mol. The summed E-state index contributed by atoms with van der Waals surface area (Å²) in [5.41, 5.74) is 5.77. The van der Waals surface area contributed by atoms with Crippen molar-refractivity contribution < 1.29 is 24.1 Å². The number of aromatic nitrogens is 3. The lowest BCUT2D eigenvalue weighted by molar-refractivity contribution is -0.312. The highest BCUT2D eigenvalue weighted by molar-refractivity contribution is 5.65. The van der Waals surface area contributed by atoms with Gasteiger partial charge >= 0.3 is 0 Å². The quantitative estimate of drug-likeness (QED) is 0.713. The maximum atomic E-state index is 11.8. The SMILES string of the molecule is CCCCOC[C@H]1OC(O)(c2ccc3c(N)ncnn23)[C@]2(C)OC(C)(C)O[C@H]12. The van der Waals surface area contributed by atoms with Crippen LogP contribution >= 0.6 is 0 Å². The lowest BCUT2D eigenvalue weighted by Crippen LogP contribution is -2.52. The Bertz CT molecular complexity index is 871. The van der Waals surface area contributed by atoms with E-state index in [0.717, 1.165) is 12.8 Å². The molecule has 9 nitrogen and oxygen atoms in total. The molecule has 0 aliphatic carbocycles. The fourth-order valence-electron chi connectivity index (χ4n) is 4.19. The van der Waals surface area contributed by atoms with Gasteiger partial charge in [-0.25, -0.2) is 9.50 Å². The highest BCUT2D eigenvalue weighted by Crippen LogP contribution is 2.55. The van der Waals surface area contributed by atoms with Gasteiger partial charge in [0, 0.05) is 6.61 Å². The first-order chi connectivity index (χ1) is 13.2. The van der Waals surface area contributed by atoms with Crippen LogP contribution in [-0.4, -0.2) is 56.5 Å². The molecule has 0 radical (unpaired) electrons. The first kappa shape index (κ1) is 19.5. The molecular formula is C19H28N4O5. The van der Waals surface area contributed by atoms with E-state index in [-0.39, 0.29) is 0 Å². The third kappa shape index (κ3) is 2.81. The maximum absolute atomic E-state index is 11.8. The minimum Gasteiger partial charge on any atom is -0.382 e. The lowest BCUT2D eigenvalue weighted by atomic mass is 9.88. The van der Waals surface area contributed by atoms with Gasteiger partial charge < -0.3 is 29.8 Å². The van der Waals surface area contributed by atoms with Gasteiger partial charge in [0.1, 0.15) is 29.7 Å². The van der Waals surface area contributed by atoms with Crippen molar-refractivity contribution in [1.82, 2.24) is 14.6 Å². The summed E-state index contributed by atoms with van der Waals surface area (Å²) >= 11 is 0. The minimum atomic E-state index is -1.81. The first-order valence-electron chi connectivity index (χ1n) is 9.66. The number of rotatable bonds is 6. The Morgan fingerprint density at radius 2 is 2.07 bits per heavy atom. The number of fused-ring (bicyclic) bond motifs is 2. The monoisotopic (exact) mass is 392 g/mol. The average molecular weight is 392 g/mol. The molecule has 4 rings (SSSR count). The second kappa shape index (κ2) is 6.64. The number of nitrogens with two attached hydrogens (primary N) is 1. The van der Waals surface area contributed by atoms with Gasteiger partial charge in [-0.05, 0) is 39.3 Å². The molecule has 28 heavy (non-hydrogen) atoms. The zero-order chi connectivity index (χ0) is 20.2. The molecule has 154 valence electrons. The Kier molecular flexibility index (Phi) is 4.63. The van der Waals surface area contributed by atoms with E-state index < -0.39 is 29.4 Å². The molecule has 2 aliphatic rings.